The minimum absolute atomic E-state index is 0.0808. The summed E-state index contributed by atoms with van der Waals surface area (Å²) < 4.78 is 1.42. The molecule has 6 heteroatoms. The van der Waals surface area contributed by atoms with Gasteiger partial charge in [0.2, 0.25) is 5.91 Å². The summed E-state index contributed by atoms with van der Waals surface area (Å²) in [6.45, 7) is 2.01. The second-order valence-electron chi connectivity index (χ2n) is 2.39. The number of hydrogen-bond donors (Lipinski definition) is 0. The maximum absolute atomic E-state index is 11.1. The molecular formula is C5H7N5O. The molecule has 0 saturated carbocycles. The van der Waals surface area contributed by atoms with Gasteiger partial charge in [0, 0.05) is 13.1 Å². The fraction of sp³-hybridized carbons (Fsp3) is 0.600. The summed E-state index contributed by atoms with van der Waals surface area (Å²) in [5.41, 5.74) is 0. The normalized spacial score (nSPS) is 15.1. The van der Waals surface area contributed by atoms with Gasteiger partial charge in [-0.25, -0.2) is 4.68 Å². The molecule has 1 saturated heterocycles. The molecule has 2 rings (SSSR count). The molecule has 0 aliphatic carbocycles. The van der Waals surface area contributed by atoms with E-state index in [1.165, 1.54) is 11.0 Å². The van der Waals surface area contributed by atoms with Crippen LogP contribution >= 0.6 is 0 Å². The molecule has 6 nitrogen and oxygen atoms in total. The summed E-state index contributed by atoms with van der Waals surface area (Å²) in [4.78, 5) is 12.8. The Morgan fingerprint density at radius 3 is 2.91 bits per heavy atom. The van der Waals surface area contributed by atoms with E-state index in [0.29, 0.717) is 0 Å². The molecule has 1 fully saturated rings. The van der Waals surface area contributed by atoms with Gasteiger partial charge in [0.15, 0.2) is 0 Å². The monoisotopic (exact) mass is 153 g/mol. The summed E-state index contributed by atoms with van der Waals surface area (Å²) in [5.74, 6) is 0.0808. The summed E-state index contributed by atoms with van der Waals surface area (Å²) in [6, 6.07) is 0. The molecule has 1 aromatic heterocycles. The molecule has 2 heterocycles. The van der Waals surface area contributed by atoms with Crippen LogP contribution in [0.5, 0.6) is 0 Å². The predicted octanol–water partition coefficient (Wildman–Crippen LogP) is -1.48. The van der Waals surface area contributed by atoms with Crippen molar-refractivity contribution in [2.24, 2.45) is 0 Å². The average Bonchev–Trinajstić information content (AvgIpc) is 2.73. The minimum atomic E-state index is 0.0808. The summed E-state index contributed by atoms with van der Waals surface area (Å²) in [5, 5.41) is 10.4. The van der Waals surface area contributed by atoms with Crippen molar-refractivity contribution in [3.63, 3.8) is 0 Å². The first-order valence-electron chi connectivity index (χ1n) is 3.35. The number of amides is 1. The molecule has 11 heavy (non-hydrogen) atoms. The van der Waals surface area contributed by atoms with Crippen LogP contribution in [-0.2, 0) is 11.3 Å². The van der Waals surface area contributed by atoms with Crippen LogP contribution in [-0.4, -0.2) is 44.1 Å². The zero-order valence-electron chi connectivity index (χ0n) is 5.84. The lowest BCUT2D eigenvalue weighted by Gasteiger charge is -1.98. The van der Waals surface area contributed by atoms with Crippen LogP contribution in [0.25, 0.3) is 0 Å². The highest BCUT2D eigenvalue weighted by Gasteiger charge is 2.23. The van der Waals surface area contributed by atoms with Crippen LogP contribution in [0.1, 0.15) is 0 Å². The van der Waals surface area contributed by atoms with Crippen LogP contribution in [0.3, 0.4) is 0 Å². The molecule has 1 aromatic rings. The Bertz CT molecular complexity index is 252. The van der Waals surface area contributed by atoms with E-state index in [0.717, 1.165) is 13.1 Å². The lowest BCUT2D eigenvalue weighted by molar-refractivity contribution is -0.126. The second-order valence-corrected chi connectivity index (χ2v) is 2.39. The van der Waals surface area contributed by atoms with Crippen molar-refractivity contribution < 1.29 is 4.79 Å². The number of rotatable bonds is 2. The molecule has 0 bridgehead atoms. The fourth-order valence-corrected chi connectivity index (χ4v) is 0.791. The molecule has 1 aliphatic heterocycles. The Labute approximate surface area is 62.8 Å². The molecular weight excluding hydrogens is 146 g/mol. The SMILES string of the molecule is O=C(Cn1cnnn1)N1CC1. The van der Waals surface area contributed by atoms with E-state index in [9.17, 15) is 4.79 Å². The predicted molar refractivity (Wildman–Crippen MR) is 34.4 cm³/mol. The van der Waals surface area contributed by atoms with E-state index < -0.39 is 0 Å². The highest BCUT2D eigenvalue weighted by molar-refractivity contribution is 5.77. The van der Waals surface area contributed by atoms with Crippen LogP contribution in [0.4, 0.5) is 0 Å². The third-order valence-corrected chi connectivity index (χ3v) is 1.49. The van der Waals surface area contributed by atoms with Crippen molar-refractivity contribution in [1.82, 2.24) is 25.1 Å². The number of carbonyl (C=O) groups excluding carboxylic acids is 1. The average molecular weight is 153 g/mol. The Morgan fingerprint density at radius 1 is 1.55 bits per heavy atom. The third kappa shape index (κ3) is 1.34. The second kappa shape index (κ2) is 2.30. The number of aromatic nitrogens is 4. The zero-order valence-corrected chi connectivity index (χ0v) is 5.84. The largest absolute Gasteiger partial charge is 0.338 e. The van der Waals surface area contributed by atoms with Crippen LogP contribution < -0.4 is 0 Å². The van der Waals surface area contributed by atoms with Gasteiger partial charge in [0.25, 0.3) is 0 Å². The number of carbonyl (C=O) groups is 1. The van der Waals surface area contributed by atoms with Crippen molar-refractivity contribution >= 4 is 5.91 Å². The Kier molecular flexibility index (Phi) is 1.31. The number of nitrogens with zero attached hydrogens (tertiary/aromatic N) is 5. The molecule has 0 unspecified atom stereocenters. The van der Waals surface area contributed by atoms with Crippen LogP contribution in [0.15, 0.2) is 6.33 Å². The molecule has 0 radical (unpaired) electrons. The summed E-state index contributed by atoms with van der Waals surface area (Å²) in [7, 11) is 0. The van der Waals surface area contributed by atoms with E-state index in [2.05, 4.69) is 15.5 Å². The molecule has 0 atom stereocenters. The third-order valence-electron chi connectivity index (χ3n) is 1.49. The zero-order chi connectivity index (χ0) is 7.68. The standard InChI is InChI=1S/C5H7N5O/c11-5(9-1-2-9)3-10-4-6-7-8-10/h4H,1-3H2. The summed E-state index contributed by atoms with van der Waals surface area (Å²) in [6.07, 6.45) is 1.43. The van der Waals surface area contributed by atoms with Gasteiger partial charge in [-0.1, -0.05) is 0 Å². The Balaban J connectivity index is 1.94. The lowest BCUT2D eigenvalue weighted by Crippen LogP contribution is -2.18. The van der Waals surface area contributed by atoms with Gasteiger partial charge in [-0.2, -0.15) is 0 Å². The molecule has 1 aliphatic rings. The van der Waals surface area contributed by atoms with Gasteiger partial charge >= 0.3 is 0 Å². The first-order valence-corrected chi connectivity index (χ1v) is 3.35. The Morgan fingerprint density at radius 2 is 2.36 bits per heavy atom. The van der Waals surface area contributed by atoms with Crippen molar-refractivity contribution in [2.45, 2.75) is 6.54 Å². The molecule has 0 spiro atoms. The molecule has 0 aromatic carbocycles. The maximum atomic E-state index is 11.1. The highest BCUT2D eigenvalue weighted by Crippen LogP contribution is 2.03. The van der Waals surface area contributed by atoms with E-state index in [4.69, 9.17) is 0 Å². The number of hydrogen-bond acceptors (Lipinski definition) is 4. The van der Waals surface area contributed by atoms with E-state index in [1.807, 2.05) is 0 Å². The fourth-order valence-electron chi connectivity index (χ4n) is 0.791. The van der Waals surface area contributed by atoms with Crippen LogP contribution in [0.2, 0.25) is 0 Å². The smallest absolute Gasteiger partial charge is 0.244 e. The van der Waals surface area contributed by atoms with E-state index in [1.54, 1.807) is 4.90 Å². The highest BCUT2D eigenvalue weighted by atomic mass is 16.2. The maximum Gasteiger partial charge on any atom is 0.244 e. The van der Waals surface area contributed by atoms with Gasteiger partial charge in [-0.05, 0) is 10.4 Å². The molecule has 1 amide bonds. The van der Waals surface area contributed by atoms with Gasteiger partial charge in [-0.3, -0.25) is 4.79 Å². The van der Waals surface area contributed by atoms with Crippen molar-refractivity contribution in [3.8, 4) is 0 Å². The Hall–Kier alpha value is -1.46. The van der Waals surface area contributed by atoms with Gasteiger partial charge in [0.1, 0.15) is 12.9 Å². The van der Waals surface area contributed by atoms with E-state index in [-0.39, 0.29) is 12.5 Å². The quantitative estimate of drug-likeness (QED) is 0.486. The summed E-state index contributed by atoms with van der Waals surface area (Å²) >= 11 is 0. The van der Waals surface area contributed by atoms with Crippen molar-refractivity contribution in [1.29, 1.82) is 0 Å². The molecule has 0 N–H and O–H groups in total. The first-order chi connectivity index (χ1) is 5.36. The minimum Gasteiger partial charge on any atom is -0.338 e. The topological polar surface area (TPSA) is 63.7 Å². The van der Waals surface area contributed by atoms with Gasteiger partial charge < -0.3 is 4.90 Å². The van der Waals surface area contributed by atoms with Gasteiger partial charge in [-0.15, -0.1) is 5.10 Å². The molecule has 58 valence electrons. The van der Waals surface area contributed by atoms with Crippen LogP contribution in [0, 0.1) is 0 Å². The van der Waals surface area contributed by atoms with Crippen molar-refractivity contribution in [3.05, 3.63) is 6.33 Å². The van der Waals surface area contributed by atoms with E-state index >= 15 is 0 Å². The number of tetrazole rings is 1. The first kappa shape index (κ1) is 6.26. The van der Waals surface area contributed by atoms with Gasteiger partial charge in [0.05, 0.1) is 0 Å². The van der Waals surface area contributed by atoms with Crippen molar-refractivity contribution in [2.75, 3.05) is 13.1 Å². The lowest BCUT2D eigenvalue weighted by atomic mass is 10.6.